The van der Waals surface area contributed by atoms with Gasteiger partial charge in [-0.25, -0.2) is 0 Å². The van der Waals surface area contributed by atoms with Crippen LogP contribution in [0.2, 0.25) is 0 Å². The molecule has 0 aliphatic rings. The number of carbonyl (C=O) groups is 1. The Balaban J connectivity index is 1.90. The lowest BCUT2D eigenvalue weighted by atomic mass is 10.1. The van der Waals surface area contributed by atoms with E-state index in [1.807, 2.05) is 36.4 Å². The summed E-state index contributed by atoms with van der Waals surface area (Å²) < 4.78 is 5.63. The summed E-state index contributed by atoms with van der Waals surface area (Å²) in [5.74, 6) is 0.717. The van der Waals surface area contributed by atoms with E-state index in [4.69, 9.17) is 10.5 Å². The van der Waals surface area contributed by atoms with Gasteiger partial charge in [0.05, 0.1) is 13.0 Å². The first kappa shape index (κ1) is 15.9. The Labute approximate surface area is 131 Å². The molecule has 0 radical (unpaired) electrons. The summed E-state index contributed by atoms with van der Waals surface area (Å²) in [6.45, 7) is 2.82. The monoisotopic (exact) mass is 298 g/mol. The number of unbranched alkanes of at least 4 members (excludes halogenated alkanes) is 1. The third kappa shape index (κ3) is 5.13. The summed E-state index contributed by atoms with van der Waals surface area (Å²) in [7, 11) is 0. The lowest BCUT2D eigenvalue weighted by molar-refractivity contribution is -0.115. The largest absolute Gasteiger partial charge is 0.494 e. The van der Waals surface area contributed by atoms with Gasteiger partial charge < -0.3 is 15.8 Å². The lowest BCUT2D eigenvalue weighted by Gasteiger charge is -2.09. The van der Waals surface area contributed by atoms with Crippen LogP contribution in [0.1, 0.15) is 25.3 Å². The van der Waals surface area contributed by atoms with E-state index in [0.717, 1.165) is 29.8 Å². The van der Waals surface area contributed by atoms with Crippen LogP contribution in [0.15, 0.2) is 48.5 Å². The van der Waals surface area contributed by atoms with Crippen LogP contribution < -0.4 is 15.8 Å². The van der Waals surface area contributed by atoms with Gasteiger partial charge in [-0.05, 0) is 36.2 Å². The second-order valence-corrected chi connectivity index (χ2v) is 5.20. The fourth-order valence-corrected chi connectivity index (χ4v) is 2.02. The molecule has 2 aromatic carbocycles. The van der Waals surface area contributed by atoms with Crippen LogP contribution in [0.25, 0.3) is 0 Å². The molecule has 0 aliphatic heterocycles. The van der Waals surface area contributed by atoms with Crippen LogP contribution in [0.4, 0.5) is 11.4 Å². The number of rotatable bonds is 7. The zero-order chi connectivity index (χ0) is 15.8. The number of amides is 1. The summed E-state index contributed by atoms with van der Waals surface area (Å²) in [4.78, 5) is 12.1. The molecule has 22 heavy (non-hydrogen) atoms. The fourth-order valence-electron chi connectivity index (χ4n) is 2.02. The molecule has 1 amide bonds. The molecule has 3 N–H and O–H groups in total. The number of anilines is 2. The minimum atomic E-state index is -0.0597. The van der Waals surface area contributed by atoms with Crippen LogP contribution in [0, 0.1) is 0 Å². The topological polar surface area (TPSA) is 64.3 Å². The van der Waals surface area contributed by atoms with Crippen molar-refractivity contribution in [3.8, 4) is 5.75 Å². The second-order valence-electron chi connectivity index (χ2n) is 5.20. The minimum Gasteiger partial charge on any atom is -0.494 e. The van der Waals surface area contributed by atoms with Crippen LogP contribution in [0.3, 0.4) is 0 Å². The molecule has 0 heterocycles. The van der Waals surface area contributed by atoms with Crippen LogP contribution in [-0.2, 0) is 11.2 Å². The van der Waals surface area contributed by atoms with Crippen LogP contribution >= 0.6 is 0 Å². The van der Waals surface area contributed by atoms with E-state index in [0.29, 0.717) is 18.7 Å². The average molecular weight is 298 g/mol. The fraction of sp³-hybridized carbons (Fsp3) is 0.278. The Morgan fingerprint density at radius 2 is 1.95 bits per heavy atom. The number of carbonyl (C=O) groups excluding carboxylic acids is 1. The molecule has 0 fully saturated rings. The van der Waals surface area contributed by atoms with Crippen molar-refractivity contribution in [3.05, 3.63) is 54.1 Å². The van der Waals surface area contributed by atoms with Gasteiger partial charge in [0, 0.05) is 17.4 Å². The number of nitrogens with two attached hydrogens (primary N) is 1. The summed E-state index contributed by atoms with van der Waals surface area (Å²) in [5.41, 5.74) is 8.01. The van der Waals surface area contributed by atoms with Gasteiger partial charge in [0.1, 0.15) is 5.75 Å². The average Bonchev–Trinajstić information content (AvgIpc) is 2.50. The van der Waals surface area contributed by atoms with Crippen molar-refractivity contribution in [1.82, 2.24) is 0 Å². The number of hydrogen-bond donors (Lipinski definition) is 2. The summed E-state index contributed by atoms with van der Waals surface area (Å²) in [6.07, 6.45) is 2.44. The first-order valence-corrected chi connectivity index (χ1v) is 7.54. The molecule has 0 saturated heterocycles. The molecule has 0 aliphatic carbocycles. The Morgan fingerprint density at radius 1 is 1.18 bits per heavy atom. The number of nitrogens with one attached hydrogen (secondary N) is 1. The van der Waals surface area contributed by atoms with E-state index >= 15 is 0 Å². The van der Waals surface area contributed by atoms with Gasteiger partial charge in [-0.2, -0.15) is 0 Å². The highest BCUT2D eigenvalue weighted by Gasteiger charge is 2.05. The summed E-state index contributed by atoms with van der Waals surface area (Å²) >= 11 is 0. The van der Waals surface area contributed by atoms with E-state index in [2.05, 4.69) is 12.2 Å². The SMILES string of the molecule is CCCCOc1cccc(NC(=O)Cc2ccc(N)cc2)c1. The standard InChI is InChI=1S/C18H22N2O2/c1-2-3-11-22-17-6-4-5-16(13-17)20-18(21)12-14-7-9-15(19)10-8-14/h4-10,13H,2-3,11-12,19H2,1H3,(H,20,21). The van der Waals surface area contributed by atoms with Gasteiger partial charge in [-0.15, -0.1) is 0 Å². The molecular weight excluding hydrogens is 276 g/mol. The molecule has 4 nitrogen and oxygen atoms in total. The molecule has 0 spiro atoms. The maximum absolute atomic E-state index is 12.1. The molecule has 0 unspecified atom stereocenters. The van der Waals surface area contributed by atoms with Gasteiger partial charge in [-0.3, -0.25) is 4.79 Å². The number of nitrogen functional groups attached to an aromatic ring is 1. The van der Waals surface area contributed by atoms with Crippen molar-refractivity contribution in [2.45, 2.75) is 26.2 Å². The highest BCUT2D eigenvalue weighted by Crippen LogP contribution is 2.18. The molecule has 0 bridgehead atoms. The van der Waals surface area contributed by atoms with Gasteiger partial charge in [0.25, 0.3) is 0 Å². The maximum atomic E-state index is 12.1. The molecule has 2 aromatic rings. The normalized spacial score (nSPS) is 10.2. The Hall–Kier alpha value is -2.49. The molecular formula is C18H22N2O2. The zero-order valence-corrected chi connectivity index (χ0v) is 12.8. The number of ether oxygens (including phenoxy) is 1. The Bertz CT molecular complexity index is 609. The van der Waals surface area contributed by atoms with Gasteiger partial charge in [-0.1, -0.05) is 31.5 Å². The van der Waals surface area contributed by atoms with Crippen LogP contribution in [0.5, 0.6) is 5.75 Å². The number of benzene rings is 2. The maximum Gasteiger partial charge on any atom is 0.228 e. The van der Waals surface area contributed by atoms with E-state index in [1.54, 1.807) is 12.1 Å². The highest BCUT2D eigenvalue weighted by molar-refractivity contribution is 5.92. The third-order valence-corrected chi connectivity index (χ3v) is 3.23. The van der Waals surface area contributed by atoms with Crippen molar-refractivity contribution >= 4 is 17.3 Å². The Kier molecular flexibility index (Phi) is 5.83. The third-order valence-electron chi connectivity index (χ3n) is 3.23. The van der Waals surface area contributed by atoms with Crippen molar-refractivity contribution in [2.24, 2.45) is 0 Å². The Morgan fingerprint density at radius 3 is 2.68 bits per heavy atom. The molecule has 0 atom stereocenters. The summed E-state index contributed by atoms with van der Waals surface area (Å²) in [5, 5.41) is 2.89. The van der Waals surface area contributed by atoms with Crippen molar-refractivity contribution in [2.75, 3.05) is 17.7 Å². The predicted octanol–water partition coefficient (Wildman–Crippen LogP) is 3.63. The van der Waals surface area contributed by atoms with Crippen molar-refractivity contribution in [3.63, 3.8) is 0 Å². The van der Waals surface area contributed by atoms with E-state index < -0.39 is 0 Å². The molecule has 2 rings (SSSR count). The first-order chi connectivity index (χ1) is 10.7. The predicted molar refractivity (Wildman–Crippen MR) is 90.0 cm³/mol. The quantitative estimate of drug-likeness (QED) is 0.606. The molecule has 116 valence electrons. The van der Waals surface area contributed by atoms with Gasteiger partial charge in [0.2, 0.25) is 5.91 Å². The summed E-state index contributed by atoms with van der Waals surface area (Å²) in [6, 6.07) is 14.8. The molecule has 0 aromatic heterocycles. The van der Waals surface area contributed by atoms with E-state index in [-0.39, 0.29) is 5.91 Å². The minimum absolute atomic E-state index is 0.0597. The van der Waals surface area contributed by atoms with Gasteiger partial charge in [0.15, 0.2) is 0 Å². The molecule has 0 saturated carbocycles. The van der Waals surface area contributed by atoms with Crippen molar-refractivity contribution < 1.29 is 9.53 Å². The highest BCUT2D eigenvalue weighted by atomic mass is 16.5. The van der Waals surface area contributed by atoms with E-state index in [1.165, 1.54) is 0 Å². The number of hydrogen-bond acceptors (Lipinski definition) is 3. The van der Waals surface area contributed by atoms with E-state index in [9.17, 15) is 4.79 Å². The van der Waals surface area contributed by atoms with Gasteiger partial charge >= 0.3 is 0 Å². The smallest absolute Gasteiger partial charge is 0.228 e. The molecule has 4 heteroatoms. The van der Waals surface area contributed by atoms with Crippen molar-refractivity contribution in [1.29, 1.82) is 0 Å². The second kappa shape index (κ2) is 8.08. The van der Waals surface area contributed by atoms with Crippen LogP contribution in [-0.4, -0.2) is 12.5 Å². The first-order valence-electron chi connectivity index (χ1n) is 7.54. The zero-order valence-electron chi connectivity index (χ0n) is 12.8. The lowest BCUT2D eigenvalue weighted by Crippen LogP contribution is -2.14.